The molecule has 2 amide bonds. The van der Waals surface area contributed by atoms with Gasteiger partial charge in [-0.3, -0.25) is 4.79 Å². The minimum absolute atomic E-state index is 0.0234. The first-order valence-electron chi connectivity index (χ1n) is 14.5. The molecule has 2 unspecified atom stereocenters. The van der Waals surface area contributed by atoms with Gasteiger partial charge in [-0.05, 0) is 76.8 Å². The number of nitrogens with one attached hydrogen (secondary N) is 1. The number of carbonyl (C=O) groups excluding carboxylic acids is 2. The lowest BCUT2D eigenvalue weighted by Crippen LogP contribution is -2.47. The molecule has 1 N–H and O–H groups in total. The van der Waals surface area contributed by atoms with Crippen molar-refractivity contribution >= 4 is 23.6 Å². The first-order chi connectivity index (χ1) is 20.5. The number of anilines is 2. The van der Waals surface area contributed by atoms with E-state index < -0.39 is 17.2 Å². The molecule has 43 heavy (non-hydrogen) atoms. The van der Waals surface area contributed by atoms with Crippen molar-refractivity contribution in [3.8, 4) is 22.9 Å². The predicted octanol–water partition coefficient (Wildman–Crippen LogP) is 6.18. The predicted molar refractivity (Wildman–Crippen MR) is 157 cm³/mol. The second-order valence-corrected chi connectivity index (χ2v) is 11.7. The van der Waals surface area contributed by atoms with Gasteiger partial charge in [0.05, 0.1) is 16.9 Å². The largest absolute Gasteiger partial charge is 0.444 e. The van der Waals surface area contributed by atoms with E-state index in [9.17, 15) is 9.59 Å². The van der Waals surface area contributed by atoms with Crippen LogP contribution in [0.3, 0.4) is 0 Å². The summed E-state index contributed by atoms with van der Waals surface area (Å²) in [5.74, 6) is -2.76. The third-order valence-electron chi connectivity index (χ3n) is 7.44. The van der Waals surface area contributed by atoms with Gasteiger partial charge in [0.25, 0.3) is 0 Å². The van der Waals surface area contributed by atoms with E-state index in [1.165, 1.54) is 23.2 Å². The number of amides is 2. The Hall–Kier alpha value is -4.35. The number of carbonyl (C=O) groups is 2. The quantitative estimate of drug-likeness (QED) is 0.345. The number of pyridine rings is 1. The van der Waals surface area contributed by atoms with Crippen LogP contribution in [0.2, 0.25) is 0 Å². The zero-order chi connectivity index (χ0) is 30.7. The molecule has 2 saturated heterocycles. The van der Waals surface area contributed by atoms with Gasteiger partial charge < -0.3 is 24.6 Å². The summed E-state index contributed by atoms with van der Waals surface area (Å²) in [6.07, 6.45) is 5.55. The number of aromatic nitrogens is 3. The Morgan fingerprint density at radius 2 is 1.88 bits per heavy atom. The maximum atomic E-state index is 15.2. The van der Waals surface area contributed by atoms with Gasteiger partial charge in [0.1, 0.15) is 5.60 Å². The SMILES string of the molecule is CCC1CCN(c2ccc(Oc3ncccc3-c3ccnc(NC4CCCN(C(=O)OC(C)(C)C)C4)n3)c(F)c2F)C1=O. The van der Waals surface area contributed by atoms with Gasteiger partial charge in [-0.15, -0.1) is 0 Å². The average Bonchev–Trinajstić information content (AvgIpc) is 3.35. The van der Waals surface area contributed by atoms with Crippen LogP contribution in [0.25, 0.3) is 11.3 Å². The van der Waals surface area contributed by atoms with E-state index >= 15 is 8.78 Å². The Balaban J connectivity index is 1.32. The van der Waals surface area contributed by atoms with Crippen molar-refractivity contribution in [2.75, 3.05) is 29.9 Å². The van der Waals surface area contributed by atoms with Crippen molar-refractivity contribution in [1.29, 1.82) is 0 Å². The van der Waals surface area contributed by atoms with Gasteiger partial charge in [0.2, 0.25) is 23.6 Å². The van der Waals surface area contributed by atoms with Crippen LogP contribution >= 0.6 is 0 Å². The van der Waals surface area contributed by atoms with Crippen LogP contribution in [0.4, 0.5) is 25.2 Å². The maximum absolute atomic E-state index is 15.2. The molecule has 5 rings (SSSR count). The molecule has 0 aliphatic carbocycles. The summed E-state index contributed by atoms with van der Waals surface area (Å²) in [7, 11) is 0. The lowest BCUT2D eigenvalue weighted by Gasteiger charge is -2.34. The fourth-order valence-corrected chi connectivity index (χ4v) is 5.29. The number of halogens is 2. The second-order valence-electron chi connectivity index (χ2n) is 11.7. The standard InChI is InChI=1S/C31H36F2N6O4/c1-5-19-13-17-39(28(19)40)23-10-11-24(26(33)25(23)32)42-27-21(9-6-14-34-27)22-12-15-35-29(37-22)36-20-8-7-16-38(18-20)30(41)43-31(2,3)4/h6,9-12,14-15,19-20H,5,7-8,13,16-18H2,1-4H3,(H,35,36,37). The van der Waals surface area contributed by atoms with Crippen molar-refractivity contribution in [3.05, 3.63) is 54.4 Å². The highest BCUT2D eigenvalue weighted by Crippen LogP contribution is 2.37. The molecule has 0 radical (unpaired) electrons. The molecule has 2 aromatic heterocycles. The Morgan fingerprint density at radius 3 is 2.63 bits per heavy atom. The molecule has 0 spiro atoms. The molecule has 1 aromatic carbocycles. The van der Waals surface area contributed by atoms with Crippen molar-refractivity contribution in [1.82, 2.24) is 19.9 Å². The molecular weight excluding hydrogens is 558 g/mol. The summed E-state index contributed by atoms with van der Waals surface area (Å²) < 4.78 is 41.6. The highest BCUT2D eigenvalue weighted by Gasteiger charge is 2.34. The highest BCUT2D eigenvalue weighted by atomic mass is 19.2. The Bertz CT molecular complexity index is 1500. The molecule has 4 heterocycles. The highest BCUT2D eigenvalue weighted by molar-refractivity contribution is 5.97. The molecule has 2 aliphatic rings. The number of rotatable bonds is 7. The van der Waals surface area contributed by atoms with Crippen molar-refractivity contribution in [3.63, 3.8) is 0 Å². The molecule has 10 nitrogen and oxygen atoms in total. The molecule has 2 fully saturated rings. The first kappa shape index (κ1) is 30.1. The summed E-state index contributed by atoms with van der Waals surface area (Å²) in [4.78, 5) is 41.3. The van der Waals surface area contributed by atoms with E-state index in [0.717, 1.165) is 12.8 Å². The zero-order valence-corrected chi connectivity index (χ0v) is 24.8. The third kappa shape index (κ3) is 6.84. The van der Waals surface area contributed by atoms with E-state index in [2.05, 4.69) is 20.3 Å². The zero-order valence-electron chi connectivity index (χ0n) is 24.8. The van der Waals surface area contributed by atoms with Crippen LogP contribution in [-0.2, 0) is 9.53 Å². The Labute approximate surface area is 249 Å². The van der Waals surface area contributed by atoms with Crippen molar-refractivity contribution in [2.45, 2.75) is 65.0 Å². The fourth-order valence-electron chi connectivity index (χ4n) is 5.29. The van der Waals surface area contributed by atoms with Crippen molar-refractivity contribution in [2.24, 2.45) is 5.92 Å². The van der Waals surface area contributed by atoms with Crippen LogP contribution in [0.1, 0.15) is 53.4 Å². The smallest absolute Gasteiger partial charge is 0.410 e. The lowest BCUT2D eigenvalue weighted by molar-refractivity contribution is -0.120. The number of hydrogen-bond donors (Lipinski definition) is 1. The molecule has 2 aliphatic heterocycles. The molecule has 0 saturated carbocycles. The van der Waals surface area contributed by atoms with Gasteiger partial charge in [-0.1, -0.05) is 6.92 Å². The number of nitrogens with zero attached hydrogens (tertiary/aromatic N) is 5. The second kappa shape index (κ2) is 12.5. The number of piperidine rings is 1. The minimum atomic E-state index is -1.21. The lowest BCUT2D eigenvalue weighted by atomic mass is 10.1. The van der Waals surface area contributed by atoms with Gasteiger partial charge in [0.15, 0.2) is 11.6 Å². The molecule has 228 valence electrons. The summed E-state index contributed by atoms with van der Waals surface area (Å²) in [5, 5.41) is 3.29. The van der Waals surface area contributed by atoms with E-state index in [1.54, 1.807) is 29.3 Å². The van der Waals surface area contributed by atoms with Gasteiger partial charge >= 0.3 is 6.09 Å². The number of likely N-dealkylation sites (tertiary alicyclic amines) is 1. The minimum Gasteiger partial charge on any atom is -0.444 e. The van der Waals surface area contributed by atoms with E-state index in [4.69, 9.17) is 9.47 Å². The van der Waals surface area contributed by atoms with E-state index in [0.29, 0.717) is 49.7 Å². The molecule has 3 aromatic rings. The summed E-state index contributed by atoms with van der Waals surface area (Å²) in [5.41, 5.74) is 0.203. The van der Waals surface area contributed by atoms with Crippen LogP contribution in [0, 0.1) is 17.6 Å². The molecule has 2 atom stereocenters. The normalized spacial score (nSPS) is 19.0. The molecule has 12 heteroatoms. The van der Waals surface area contributed by atoms with Crippen LogP contribution in [0.5, 0.6) is 11.6 Å². The van der Waals surface area contributed by atoms with E-state index in [-0.39, 0.29) is 41.3 Å². The Morgan fingerprint density at radius 1 is 1.07 bits per heavy atom. The van der Waals surface area contributed by atoms with Crippen molar-refractivity contribution < 1.29 is 27.8 Å². The maximum Gasteiger partial charge on any atom is 0.410 e. The number of ether oxygens (including phenoxy) is 2. The summed E-state index contributed by atoms with van der Waals surface area (Å²) in [6, 6.07) is 7.60. The monoisotopic (exact) mass is 594 g/mol. The summed E-state index contributed by atoms with van der Waals surface area (Å²) in [6.45, 7) is 8.78. The van der Waals surface area contributed by atoms with Gasteiger partial charge in [-0.25, -0.2) is 24.1 Å². The topological polar surface area (TPSA) is 110 Å². The first-order valence-corrected chi connectivity index (χ1v) is 14.5. The molecular formula is C31H36F2N6O4. The number of benzene rings is 1. The third-order valence-corrected chi connectivity index (χ3v) is 7.44. The van der Waals surface area contributed by atoms with Crippen LogP contribution < -0.4 is 15.0 Å². The number of hydrogen-bond acceptors (Lipinski definition) is 8. The summed E-state index contributed by atoms with van der Waals surface area (Å²) >= 11 is 0. The molecule has 0 bridgehead atoms. The van der Waals surface area contributed by atoms with Gasteiger partial charge in [-0.2, -0.15) is 4.39 Å². The Kier molecular flexibility index (Phi) is 8.74. The van der Waals surface area contributed by atoms with Crippen LogP contribution in [-0.4, -0.2) is 63.1 Å². The average molecular weight is 595 g/mol. The van der Waals surface area contributed by atoms with Gasteiger partial charge in [0, 0.05) is 44.0 Å². The fraction of sp³-hybridized carbons (Fsp3) is 0.452. The van der Waals surface area contributed by atoms with Crippen LogP contribution in [0.15, 0.2) is 42.7 Å². The van der Waals surface area contributed by atoms with E-state index in [1.807, 2.05) is 27.7 Å².